The lowest BCUT2D eigenvalue weighted by atomic mass is 9.87. The molecular formula is C19H31ClN2O3S. The molecule has 1 amide bonds. The summed E-state index contributed by atoms with van der Waals surface area (Å²) in [5, 5.41) is 6.01. The molecule has 1 aromatic rings. The molecule has 0 aromatic heterocycles. The van der Waals surface area contributed by atoms with Crippen molar-refractivity contribution >= 4 is 28.2 Å². The van der Waals surface area contributed by atoms with E-state index < -0.39 is 9.84 Å². The van der Waals surface area contributed by atoms with E-state index in [9.17, 15) is 13.2 Å². The Morgan fingerprint density at radius 2 is 1.88 bits per heavy atom. The second kappa shape index (κ2) is 9.72. The fourth-order valence-electron chi connectivity index (χ4n) is 2.99. The zero-order valence-electron chi connectivity index (χ0n) is 15.9. The maximum atomic E-state index is 12.4. The fourth-order valence-corrected chi connectivity index (χ4v) is 4.15. The normalized spacial score (nSPS) is 17.6. The Hall–Kier alpha value is -1.11. The number of benzene rings is 1. The van der Waals surface area contributed by atoms with E-state index in [1.54, 1.807) is 12.1 Å². The van der Waals surface area contributed by atoms with Crippen molar-refractivity contribution in [3.8, 4) is 0 Å². The summed E-state index contributed by atoms with van der Waals surface area (Å²) >= 11 is 0. The molecule has 7 heteroatoms. The molecule has 5 nitrogen and oxygen atoms in total. The van der Waals surface area contributed by atoms with Crippen molar-refractivity contribution < 1.29 is 13.2 Å². The third-order valence-electron chi connectivity index (χ3n) is 4.71. The van der Waals surface area contributed by atoms with Crippen molar-refractivity contribution in [2.75, 3.05) is 25.4 Å². The summed E-state index contributed by atoms with van der Waals surface area (Å²) in [4.78, 5) is 12.2. The maximum absolute atomic E-state index is 12.4. The molecule has 0 bridgehead atoms. The number of sulfone groups is 1. The van der Waals surface area contributed by atoms with Gasteiger partial charge in [-0.2, -0.15) is 0 Å². The molecule has 2 N–H and O–H groups in total. The second-order valence-electron chi connectivity index (χ2n) is 7.84. The molecule has 26 heavy (non-hydrogen) atoms. The summed E-state index contributed by atoms with van der Waals surface area (Å²) in [6, 6.07) is 7.04. The first kappa shape index (κ1) is 22.9. The first-order valence-corrected chi connectivity index (χ1v) is 10.6. The fraction of sp³-hybridized carbons (Fsp3) is 0.632. The summed E-state index contributed by atoms with van der Waals surface area (Å²) in [6.07, 6.45) is 2.44. The molecule has 1 saturated heterocycles. The number of carbonyl (C=O) groups is 1. The van der Waals surface area contributed by atoms with Gasteiger partial charge in [-0.1, -0.05) is 32.9 Å². The molecule has 0 saturated carbocycles. The van der Waals surface area contributed by atoms with Crippen LogP contribution in [0.2, 0.25) is 0 Å². The molecule has 1 aromatic carbocycles. The van der Waals surface area contributed by atoms with Gasteiger partial charge < -0.3 is 10.6 Å². The Morgan fingerprint density at radius 3 is 2.42 bits per heavy atom. The topological polar surface area (TPSA) is 75.3 Å². The second-order valence-corrected chi connectivity index (χ2v) is 9.95. The molecule has 148 valence electrons. The molecular weight excluding hydrogens is 372 g/mol. The molecule has 1 heterocycles. The molecule has 0 aliphatic carbocycles. The molecule has 1 unspecified atom stereocenters. The Kier molecular flexibility index (Phi) is 8.57. The highest BCUT2D eigenvalue weighted by Crippen LogP contribution is 2.23. The molecule has 1 aliphatic rings. The number of carbonyl (C=O) groups excluding carboxylic acids is 1. The molecule has 2 rings (SSSR count). The zero-order valence-corrected chi connectivity index (χ0v) is 17.5. The van der Waals surface area contributed by atoms with Gasteiger partial charge in [0, 0.05) is 13.0 Å². The van der Waals surface area contributed by atoms with Crippen molar-refractivity contribution in [1.29, 1.82) is 0 Å². The van der Waals surface area contributed by atoms with E-state index in [4.69, 9.17) is 0 Å². The van der Waals surface area contributed by atoms with Crippen molar-refractivity contribution in [3.63, 3.8) is 0 Å². The lowest BCUT2D eigenvalue weighted by Crippen LogP contribution is -2.29. The van der Waals surface area contributed by atoms with Crippen LogP contribution in [0.25, 0.3) is 0 Å². The molecule has 1 atom stereocenters. The SMILES string of the molecule is CC(C)(C)c1ccc(S(=O)(=O)CCNC(=O)CCC2CCNC2)cc1.Cl. The molecule has 0 radical (unpaired) electrons. The Morgan fingerprint density at radius 1 is 1.23 bits per heavy atom. The van der Waals surface area contributed by atoms with Gasteiger partial charge in [0.05, 0.1) is 10.6 Å². The summed E-state index contributed by atoms with van der Waals surface area (Å²) in [5.74, 6) is 0.430. The lowest BCUT2D eigenvalue weighted by molar-refractivity contribution is -0.121. The van der Waals surface area contributed by atoms with E-state index in [0.29, 0.717) is 17.2 Å². The average Bonchev–Trinajstić information content (AvgIpc) is 3.05. The van der Waals surface area contributed by atoms with E-state index >= 15 is 0 Å². The number of nitrogens with one attached hydrogen (secondary N) is 2. The number of amides is 1. The minimum atomic E-state index is -3.37. The van der Waals surface area contributed by atoms with Crippen LogP contribution in [-0.2, 0) is 20.0 Å². The number of halogens is 1. The van der Waals surface area contributed by atoms with Crippen LogP contribution in [0.1, 0.15) is 45.6 Å². The lowest BCUT2D eigenvalue weighted by Gasteiger charge is -2.19. The highest BCUT2D eigenvalue weighted by Gasteiger charge is 2.19. The van der Waals surface area contributed by atoms with E-state index in [1.807, 2.05) is 12.1 Å². The van der Waals surface area contributed by atoms with E-state index in [2.05, 4.69) is 31.4 Å². The van der Waals surface area contributed by atoms with Crippen LogP contribution in [0, 0.1) is 5.92 Å². The minimum Gasteiger partial charge on any atom is -0.355 e. The monoisotopic (exact) mass is 402 g/mol. The quantitative estimate of drug-likeness (QED) is 0.735. The van der Waals surface area contributed by atoms with Crippen LogP contribution in [0.15, 0.2) is 29.2 Å². The van der Waals surface area contributed by atoms with Gasteiger partial charge in [0.25, 0.3) is 0 Å². The smallest absolute Gasteiger partial charge is 0.220 e. The third kappa shape index (κ3) is 6.89. The van der Waals surface area contributed by atoms with Crippen LogP contribution in [0.4, 0.5) is 0 Å². The van der Waals surface area contributed by atoms with Crippen molar-refractivity contribution in [3.05, 3.63) is 29.8 Å². The largest absolute Gasteiger partial charge is 0.355 e. The van der Waals surface area contributed by atoms with Crippen LogP contribution in [0.5, 0.6) is 0 Å². The van der Waals surface area contributed by atoms with Crippen LogP contribution in [0.3, 0.4) is 0 Å². The predicted molar refractivity (Wildman–Crippen MR) is 108 cm³/mol. The summed E-state index contributed by atoms with van der Waals surface area (Å²) < 4.78 is 24.8. The number of hydrogen-bond donors (Lipinski definition) is 2. The standard InChI is InChI=1S/C19H30N2O3S.ClH/c1-19(2,3)16-5-7-17(8-6-16)25(23,24)13-12-21-18(22)9-4-15-10-11-20-14-15;/h5-8,15,20H,4,9-14H2,1-3H3,(H,21,22);1H. The Balaban J connectivity index is 0.00000338. The van der Waals surface area contributed by atoms with Gasteiger partial charge in [-0.25, -0.2) is 8.42 Å². The van der Waals surface area contributed by atoms with Gasteiger partial charge in [0.1, 0.15) is 0 Å². The van der Waals surface area contributed by atoms with E-state index in [0.717, 1.165) is 31.5 Å². The van der Waals surface area contributed by atoms with Gasteiger partial charge in [-0.3, -0.25) is 4.79 Å². The highest BCUT2D eigenvalue weighted by atomic mass is 35.5. The first-order valence-electron chi connectivity index (χ1n) is 8.99. The van der Waals surface area contributed by atoms with Crippen LogP contribution >= 0.6 is 12.4 Å². The van der Waals surface area contributed by atoms with Gasteiger partial charge in [-0.05, 0) is 55.0 Å². The Bertz CT molecular complexity index is 676. The number of rotatable bonds is 7. The van der Waals surface area contributed by atoms with Crippen LogP contribution in [-0.4, -0.2) is 39.7 Å². The third-order valence-corrected chi connectivity index (χ3v) is 6.45. The van der Waals surface area contributed by atoms with Crippen molar-refractivity contribution in [2.45, 2.75) is 50.3 Å². The highest BCUT2D eigenvalue weighted by molar-refractivity contribution is 7.91. The zero-order chi connectivity index (χ0) is 18.5. The van der Waals surface area contributed by atoms with Gasteiger partial charge in [0.2, 0.25) is 5.91 Å². The van der Waals surface area contributed by atoms with Gasteiger partial charge in [-0.15, -0.1) is 12.4 Å². The Labute approximate surface area is 163 Å². The molecule has 1 fully saturated rings. The summed E-state index contributed by atoms with van der Waals surface area (Å²) in [5.41, 5.74) is 1.09. The van der Waals surface area contributed by atoms with Crippen molar-refractivity contribution in [1.82, 2.24) is 10.6 Å². The molecule has 0 spiro atoms. The average molecular weight is 403 g/mol. The summed E-state index contributed by atoms with van der Waals surface area (Å²) in [6.45, 7) is 8.44. The molecule has 1 aliphatic heterocycles. The van der Waals surface area contributed by atoms with Gasteiger partial charge in [0.15, 0.2) is 9.84 Å². The first-order chi connectivity index (χ1) is 11.7. The van der Waals surface area contributed by atoms with Gasteiger partial charge >= 0.3 is 0 Å². The van der Waals surface area contributed by atoms with E-state index in [-0.39, 0.29) is 36.0 Å². The predicted octanol–water partition coefficient (Wildman–Crippen LogP) is 2.69. The van der Waals surface area contributed by atoms with Crippen LogP contribution < -0.4 is 10.6 Å². The van der Waals surface area contributed by atoms with E-state index in [1.165, 1.54) is 0 Å². The summed E-state index contributed by atoms with van der Waals surface area (Å²) in [7, 11) is -3.37. The maximum Gasteiger partial charge on any atom is 0.220 e. The van der Waals surface area contributed by atoms with Crippen molar-refractivity contribution in [2.24, 2.45) is 5.92 Å². The number of hydrogen-bond acceptors (Lipinski definition) is 4. The minimum absolute atomic E-state index is 0.